The van der Waals surface area contributed by atoms with E-state index in [9.17, 15) is 4.79 Å². The van der Waals surface area contributed by atoms with Crippen LogP contribution in [0.15, 0.2) is 12.5 Å². The number of H-pyrrole nitrogens is 1. The fourth-order valence-corrected chi connectivity index (χ4v) is 1.65. The number of carbonyl (C=O) groups is 1. The molecule has 0 saturated heterocycles. The summed E-state index contributed by atoms with van der Waals surface area (Å²) in [5.74, 6) is 0.645. The van der Waals surface area contributed by atoms with Crippen LogP contribution in [0.5, 0.6) is 0 Å². The molecule has 1 amide bonds. The first kappa shape index (κ1) is 13.7. The number of aromatic amines is 1. The van der Waals surface area contributed by atoms with Gasteiger partial charge in [0.05, 0.1) is 6.33 Å². The Hall–Kier alpha value is -1.36. The van der Waals surface area contributed by atoms with E-state index in [0.717, 1.165) is 25.0 Å². The van der Waals surface area contributed by atoms with Crippen molar-refractivity contribution in [3.8, 4) is 0 Å². The van der Waals surface area contributed by atoms with Gasteiger partial charge in [0.25, 0.3) is 0 Å². The van der Waals surface area contributed by atoms with E-state index in [4.69, 9.17) is 5.73 Å². The van der Waals surface area contributed by atoms with Crippen molar-refractivity contribution in [2.24, 2.45) is 11.7 Å². The smallest absolute Gasteiger partial charge is 0.220 e. The van der Waals surface area contributed by atoms with Crippen molar-refractivity contribution in [2.75, 3.05) is 13.1 Å². The molecule has 0 aliphatic heterocycles. The molecule has 0 spiro atoms. The number of hydrogen-bond acceptors (Lipinski definition) is 3. The Morgan fingerprint density at radius 3 is 3.06 bits per heavy atom. The van der Waals surface area contributed by atoms with Gasteiger partial charge in [-0.15, -0.1) is 0 Å². The number of rotatable bonds is 8. The average molecular weight is 238 g/mol. The number of imidazole rings is 1. The summed E-state index contributed by atoms with van der Waals surface area (Å²) in [6, 6.07) is 0. The quantitative estimate of drug-likeness (QED) is 0.627. The molecule has 1 atom stereocenters. The van der Waals surface area contributed by atoms with Crippen molar-refractivity contribution in [1.82, 2.24) is 15.3 Å². The van der Waals surface area contributed by atoms with Crippen LogP contribution >= 0.6 is 0 Å². The van der Waals surface area contributed by atoms with Crippen molar-refractivity contribution >= 4 is 5.91 Å². The zero-order chi connectivity index (χ0) is 12.5. The summed E-state index contributed by atoms with van der Waals surface area (Å²) >= 11 is 0. The zero-order valence-electron chi connectivity index (χ0n) is 10.4. The first-order valence-electron chi connectivity index (χ1n) is 6.16. The summed E-state index contributed by atoms with van der Waals surface area (Å²) in [5.41, 5.74) is 6.50. The highest BCUT2D eigenvalue weighted by Crippen LogP contribution is 2.08. The molecule has 1 unspecified atom stereocenters. The minimum absolute atomic E-state index is 0.119. The Balaban J connectivity index is 2.05. The van der Waals surface area contributed by atoms with Gasteiger partial charge in [0, 0.05) is 31.3 Å². The first-order valence-corrected chi connectivity index (χ1v) is 6.16. The van der Waals surface area contributed by atoms with E-state index >= 15 is 0 Å². The van der Waals surface area contributed by atoms with E-state index in [1.54, 1.807) is 12.5 Å². The molecule has 1 aromatic rings. The Bertz CT molecular complexity index is 310. The van der Waals surface area contributed by atoms with Crippen LogP contribution in [0.3, 0.4) is 0 Å². The van der Waals surface area contributed by atoms with Gasteiger partial charge < -0.3 is 16.0 Å². The minimum Gasteiger partial charge on any atom is -0.356 e. The van der Waals surface area contributed by atoms with Crippen LogP contribution in [0.25, 0.3) is 0 Å². The Morgan fingerprint density at radius 1 is 1.59 bits per heavy atom. The molecule has 0 saturated carbocycles. The topological polar surface area (TPSA) is 83.8 Å². The second kappa shape index (κ2) is 7.84. The maximum Gasteiger partial charge on any atom is 0.220 e. The second-order valence-corrected chi connectivity index (χ2v) is 4.40. The van der Waals surface area contributed by atoms with Gasteiger partial charge in [-0.3, -0.25) is 4.79 Å². The normalized spacial score (nSPS) is 12.4. The number of amides is 1. The van der Waals surface area contributed by atoms with E-state index in [2.05, 4.69) is 22.2 Å². The predicted molar refractivity (Wildman–Crippen MR) is 67.4 cm³/mol. The molecule has 0 aliphatic rings. The zero-order valence-corrected chi connectivity index (χ0v) is 10.4. The monoisotopic (exact) mass is 238 g/mol. The van der Waals surface area contributed by atoms with Gasteiger partial charge in [0.2, 0.25) is 5.91 Å². The van der Waals surface area contributed by atoms with Gasteiger partial charge >= 0.3 is 0 Å². The van der Waals surface area contributed by atoms with Gasteiger partial charge in [-0.1, -0.05) is 6.92 Å². The molecular weight excluding hydrogens is 216 g/mol. The third-order valence-electron chi connectivity index (χ3n) is 2.80. The van der Waals surface area contributed by atoms with Gasteiger partial charge in [-0.25, -0.2) is 4.98 Å². The number of nitrogens with two attached hydrogens (primary N) is 1. The molecule has 1 aromatic heterocycles. The van der Waals surface area contributed by atoms with Crippen molar-refractivity contribution < 1.29 is 4.79 Å². The molecule has 1 heterocycles. The highest BCUT2D eigenvalue weighted by Gasteiger charge is 2.05. The third-order valence-corrected chi connectivity index (χ3v) is 2.80. The molecule has 17 heavy (non-hydrogen) atoms. The maximum atomic E-state index is 11.5. The van der Waals surface area contributed by atoms with Crippen molar-refractivity contribution in [3.63, 3.8) is 0 Å². The molecule has 0 aliphatic carbocycles. The molecule has 96 valence electrons. The van der Waals surface area contributed by atoms with Crippen molar-refractivity contribution in [2.45, 2.75) is 32.6 Å². The lowest BCUT2D eigenvalue weighted by Gasteiger charge is -2.09. The first-order chi connectivity index (χ1) is 8.22. The van der Waals surface area contributed by atoms with Crippen LogP contribution in [0.4, 0.5) is 0 Å². The molecule has 5 nitrogen and oxygen atoms in total. The lowest BCUT2D eigenvalue weighted by molar-refractivity contribution is -0.121. The summed E-state index contributed by atoms with van der Waals surface area (Å²) in [7, 11) is 0. The van der Waals surface area contributed by atoms with Crippen LogP contribution in [-0.2, 0) is 11.2 Å². The fraction of sp³-hybridized carbons (Fsp3) is 0.667. The number of aromatic nitrogens is 2. The second-order valence-electron chi connectivity index (χ2n) is 4.40. The highest BCUT2D eigenvalue weighted by atomic mass is 16.1. The molecular formula is C12H22N4O. The SMILES string of the molecule is CC(CCN)CCC(=O)NCCc1cnc[nH]1. The number of carbonyl (C=O) groups excluding carboxylic acids is 1. The number of hydrogen-bond donors (Lipinski definition) is 3. The minimum atomic E-state index is 0.119. The standard InChI is InChI=1S/C12H22N4O/c1-10(4-6-13)2-3-12(17)15-7-5-11-8-14-9-16-11/h8-10H,2-7,13H2,1H3,(H,14,16)(H,15,17). The molecule has 1 rings (SSSR count). The Morgan fingerprint density at radius 2 is 2.41 bits per heavy atom. The fourth-order valence-electron chi connectivity index (χ4n) is 1.65. The van der Waals surface area contributed by atoms with Crippen LogP contribution < -0.4 is 11.1 Å². The summed E-state index contributed by atoms with van der Waals surface area (Å²) in [4.78, 5) is 18.4. The van der Waals surface area contributed by atoms with E-state index < -0.39 is 0 Å². The molecule has 0 fully saturated rings. The van der Waals surface area contributed by atoms with Crippen molar-refractivity contribution in [1.29, 1.82) is 0 Å². The summed E-state index contributed by atoms with van der Waals surface area (Å²) < 4.78 is 0. The van der Waals surface area contributed by atoms with Crippen LogP contribution in [0.2, 0.25) is 0 Å². The summed E-state index contributed by atoms with van der Waals surface area (Å²) in [6.07, 6.45) is 6.70. The van der Waals surface area contributed by atoms with Crippen LogP contribution in [-0.4, -0.2) is 29.0 Å². The largest absolute Gasteiger partial charge is 0.356 e. The van der Waals surface area contributed by atoms with Gasteiger partial charge in [0.1, 0.15) is 0 Å². The van der Waals surface area contributed by atoms with E-state index in [1.807, 2.05) is 0 Å². The van der Waals surface area contributed by atoms with E-state index in [0.29, 0.717) is 25.4 Å². The summed E-state index contributed by atoms with van der Waals surface area (Å²) in [6.45, 7) is 3.49. The Labute approximate surface area is 102 Å². The molecule has 5 heteroatoms. The molecule has 0 aromatic carbocycles. The third kappa shape index (κ3) is 6.06. The van der Waals surface area contributed by atoms with Gasteiger partial charge in [0.15, 0.2) is 0 Å². The highest BCUT2D eigenvalue weighted by molar-refractivity contribution is 5.75. The van der Waals surface area contributed by atoms with Gasteiger partial charge in [-0.05, 0) is 25.3 Å². The van der Waals surface area contributed by atoms with E-state index in [1.165, 1.54) is 0 Å². The molecule has 0 radical (unpaired) electrons. The van der Waals surface area contributed by atoms with Crippen LogP contribution in [0.1, 0.15) is 31.9 Å². The lowest BCUT2D eigenvalue weighted by atomic mass is 10.0. The van der Waals surface area contributed by atoms with Crippen molar-refractivity contribution in [3.05, 3.63) is 18.2 Å². The Kier molecular flexibility index (Phi) is 6.32. The molecule has 0 bridgehead atoms. The lowest BCUT2D eigenvalue weighted by Crippen LogP contribution is -2.26. The van der Waals surface area contributed by atoms with Gasteiger partial charge in [-0.2, -0.15) is 0 Å². The molecule has 4 N–H and O–H groups in total. The average Bonchev–Trinajstić information content (AvgIpc) is 2.80. The number of nitrogens with one attached hydrogen (secondary N) is 2. The predicted octanol–water partition coefficient (Wildman–Crippen LogP) is 0.833. The number of nitrogens with zero attached hydrogens (tertiary/aromatic N) is 1. The van der Waals surface area contributed by atoms with E-state index in [-0.39, 0.29) is 5.91 Å². The summed E-state index contributed by atoms with van der Waals surface area (Å²) in [5, 5.41) is 2.90. The van der Waals surface area contributed by atoms with Crippen LogP contribution in [0, 0.1) is 5.92 Å². The maximum absolute atomic E-state index is 11.5.